The maximum Gasteiger partial charge on any atom is 0.129 e. The zero-order valence-corrected chi connectivity index (χ0v) is 12.4. The van der Waals surface area contributed by atoms with Gasteiger partial charge < -0.3 is 5.32 Å². The fraction of sp³-hybridized carbons (Fsp3) is 0.400. The molecule has 0 aliphatic rings. The molecule has 0 radical (unpaired) electrons. The van der Waals surface area contributed by atoms with E-state index in [-0.39, 0.29) is 18.0 Å². The maximum atomic E-state index is 13.8. The second kappa shape index (κ2) is 6.90. The van der Waals surface area contributed by atoms with E-state index in [0.717, 1.165) is 23.7 Å². The number of nitrogens with zero attached hydrogens (tertiary/aromatic N) is 1. The lowest BCUT2D eigenvalue weighted by molar-refractivity contribution is 0.484. The number of aromatic nitrogens is 1. The van der Waals surface area contributed by atoms with E-state index in [1.54, 1.807) is 11.3 Å². The minimum Gasteiger partial charge on any atom is -0.308 e. The van der Waals surface area contributed by atoms with Crippen LogP contribution in [0.5, 0.6) is 0 Å². The van der Waals surface area contributed by atoms with Crippen molar-refractivity contribution in [3.63, 3.8) is 0 Å². The molecule has 0 aliphatic heterocycles. The Morgan fingerprint density at radius 2 is 2.00 bits per heavy atom. The Hall–Kier alpha value is -1.33. The third kappa shape index (κ3) is 3.61. The monoisotopic (exact) mass is 296 g/mol. The van der Waals surface area contributed by atoms with E-state index in [0.29, 0.717) is 0 Å². The summed E-state index contributed by atoms with van der Waals surface area (Å²) in [5.41, 5.74) is 0.968. The minimum atomic E-state index is -0.500. The molecule has 0 amide bonds. The molecule has 20 heavy (non-hydrogen) atoms. The van der Waals surface area contributed by atoms with Crippen molar-refractivity contribution >= 4 is 11.3 Å². The highest BCUT2D eigenvalue weighted by molar-refractivity contribution is 7.09. The number of thiazole rings is 1. The van der Waals surface area contributed by atoms with Crippen LogP contribution in [0, 0.1) is 18.6 Å². The van der Waals surface area contributed by atoms with Gasteiger partial charge in [-0.2, -0.15) is 0 Å². The molecular weight excluding hydrogens is 278 g/mol. The van der Waals surface area contributed by atoms with Crippen LogP contribution >= 0.6 is 11.3 Å². The molecule has 0 spiro atoms. The molecule has 1 aromatic carbocycles. The van der Waals surface area contributed by atoms with Crippen molar-refractivity contribution in [1.29, 1.82) is 0 Å². The first kappa shape index (κ1) is 15.1. The van der Waals surface area contributed by atoms with Crippen molar-refractivity contribution in [3.8, 4) is 0 Å². The van der Waals surface area contributed by atoms with Gasteiger partial charge in [-0.25, -0.2) is 13.8 Å². The van der Waals surface area contributed by atoms with Gasteiger partial charge in [0, 0.05) is 10.9 Å². The van der Waals surface area contributed by atoms with Crippen molar-refractivity contribution < 1.29 is 8.78 Å². The van der Waals surface area contributed by atoms with Crippen molar-refractivity contribution in [2.45, 2.75) is 32.7 Å². The largest absolute Gasteiger partial charge is 0.308 e. The average Bonchev–Trinajstić information content (AvgIpc) is 2.84. The summed E-state index contributed by atoms with van der Waals surface area (Å²) in [6, 6.07) is 3.81. The number of rotatable bonds is 6. The normalized spacial score (nSPS) is 12.6. The fourth-order valence-electron chi connectivity index (χ4n) is 2.07. The lowest BCUT2D eigenvalue weighted by Crippen LogP contribution is -2.25. The first-order valence-corrected chi connectivity index (χ1v) is 7.58. The number of halogens is 2. The van der Waals surface area contributed by atoms with E-state index < -0.39 is 11.6 Å². The molecule has 2 aromatic rings. The summed E-state index contributed by atoms with van der Waals surface area (Å²) in [5, 5.41) is 6.21. The molecule has 0 fully saturated rings. The SMILES string of the molecule is CCCNC(Cc1c(F)cccc1F)c1csc(C)n1. The molecule has 0 saturated carbocycles. The Kier molecular flexibility index (Phi) is 5.20. The maximum absolute atomic E-state index is 13.8. The molecule has 108 valence electrons. The molecular formula is C15H18F2N2S. The van der Waals surface area contributed by atoms with Crippen LogP contribution < -0.4 is 5.32 Å². The van der Waals surface area contributed by atoms with E-state index in [9.17, 15) is 8.78 Å². The first-order chi connectivity index (χ1) is 9.61. The summed E-state index contributed by atoms with van der Waals surface area (Å²) in [5.74, 6) is -1.000. The molecule has 1 unspecified atom stereocenters. The van der Waals surface area contributed by atoms with Crippen molar-refractivity contribution in [3.05, 3.63) is 51.5 Å². The van der Waals surface area contributed by atoms with Gasteiger partial charge in [-0.3, -0.25) is 0 Å². The molecule has 1 atom stereocenters. The second-order valence-corrected chi connectivity index (χ2v) is 5.76. The van der Waals surface area contributed by atoms with Crippen LogP contribution in [-0.2, 0) is 6.42 Å². The van der Waals surface area contributed by atoms with Crippen molar-refractivity contribution in [2.24, 2.45) is 0 Å². The van der Waals surface area contributed by atoms with Crippen LogP contribution in [0.15, 0.2) is 23.6 Å². The Bertz CT molecular complexity index is 549. The molecule has 1 N–H and O–H groups in total. The van der Waals surface area contributed by atoms with Crippen LogP contribution in [0.3, 0.4) is 0 Å². The van der Waals surface area contributed by atoms with Gasteiger partial charge in [0.1, 0.15) is 11.6 Å². The van der Waals surface area contributed by atoms with Gasteiger partial charge >= 0.3 is 0 Å². The van der Waals surface area contributed by atoms with Gasteiger partial charge in [-0.15, -0.1) is 11.3 Å². The van der Waals surface area contributed by atoms with Gasteiger partial charge in [0.05, 0.1) is 16.7 Å². The van der Waals surface area contributed by atoms with E-state index in [4.69, 9.17) is 0 Å². The smallest absolute Gasteiger partial charge is 0.129 e. The lowest BCUT2D eigenvalue weighted by atomic mass is 10.0. The Labute approximate surface area is 121 Å². The average molecular weight is 296 g/mol. The van der Waals surface area contributed by atoms with E-state index >= 15 is 0 Å². The third-order valence-corrected chi connectivity index (χ3v) is 3.90. The third-order valence-electron chi connectivity index (χ3n) is 3.10. The Morgan fingerprint density at radius 3 is 2.55 bits per heavy atom. The molecule has 2 nitrogen and oxygen atoms in total. The van der Waals surface area contributed by atoms with Crippen molar-refractivity contribution in [2.75, 3.05) is 6.54 Å². The Balaban J connectivity index is 2.23. The van der Waals surface area contributed by atoms with Gasteiger partial charge in [-0.1, -0.05) is 13.0 Å². The van der Waals surface area contributed by atoms with Crippen molar-refractivity contribution in [1.82, 2.24) is 10.3 Å². The number of hydrogen-bond donors (Lipinski definition) is 1. The zero-order valence-electron chi connectivity index (χ0n) is 11.6. The zero-order chi connectivity index (χ0) is 14.5. The highest BCUT2D eigenvalue weighted by atomic mass is 32.1. The standard InChI is InChI=1S/C15H18F2N2S/c1-3-7-18-14(15-9-20-10(2)19-15)8-11-12(16)5-4-6-13(11)17/h4-6,9,14,18H,3,7-8H2,1-2H3. The number of hydrogen-bond acceptors (Lipinski definition) is 3. The quantitative estimate of drug-likeness (QED) is 0.871. The van der Waals surface area contributed by atoms with Crippen LogP contribution in [0.25, 0.3) is 0 Å². The second-order valence-electron chi connectivity index (χ2n) is 4.70. The summed E-state index contributed by atoms with van der Waals surface area (Å²) in [6.07, 6.45) is 1.22. The predicted octanol–water partition coefficient (Wildman–Crippen LogP) is 4.01. The molecule has 1 heterocycles. The lowest BCUT2D eigenvalue weighted by Gasteiger charge is -2.17. The summed E-state index contributed by atoms with van der Waals surface area (Å²) in [4.78, 5) is 4.43. The molecule has 0 aliphatic carbocycles. The summed E-state index contributed by atoms with van der Waals surface area (Å²) in [7, 11) is 0. The van der Waals surface area contributed by atoms with Crippen LogP contribution in [0.2, 0.25) is 0 Å². The first-order valence-electron chi connectivity index (χ1n) is 6.70. The highest BCUT2D eigenvalue weighted by Gasteiger charge is 2.19. The summed E-state index contributed by atoms with van der Waals surface area (Å²) in [6.45, 7) is 4.77. The number of benzene rings is 1. The Morgan fingerprint density at radius 1 is 1.30 bits per heavy atom. The van der Waals surface area contributed by atoms with Gasteiger partial charge in [0.25, 0.3) is 0 Å². The fourth-order valence-corrected chi connectivity index (χ4v) is 2.74. The highest BCUT2D eigenvalue weighted by Crippen LogP contribution is 2.23. The van der Waals surface area contributed by atoms with Crippen LogP contribution in [0.1, 0.15) is 35.7 Å². The number of nitrogens with one attached hydrogen (secondary N) is 1. The summed E-state index contributed by atoms with van der Waals surface area (Å²) >= 11 is 1.55. The van der Waals surface area contributed by atoms with E-state index in [2.05, 4.69) is 17.2 Å². The summed E-state index contributed by atoms with van der Waals surface area (Å²) < 4.78 is 27.5. The molecule has 5 heteroatoms. The van der Waals surface area contributed by atoms with E-state index in [1.807, 2.05) is 12.3 Å². The molecule has 1 aromatic heterocycles. The predicted molar refractivity (Wildman–Crippen MR) is 77.9 cm³/mol. The topological polar surface area (TPSA) is 24.9 Å². The molecule has 2 rings (SSSR count). The molecule has 0 bridgehead atoms. The van der Waals surface area contributed by atoms with Gasteiger partial charge in [0.15, 0.2) is 0 Å². The van der Waals surface area contributed by atoms with Gasteiger partial charge in [-0.05, 0) is 38.4 Å². The molecule has 0 saturated heterocycles. The van der Waals surface area contributed by atoms with Crippen LogP contribution in [0.4, 0.5) is 8.78 Å². The van der Waals surface area contributed by atoms with Crippen LogP contribution in [-0.4, -0.2) is 11.5 Å². The minimum absolute atomic E-state index is 0.117. The van der Waals surface area contributed by atoms with E-state index in [1.165, 1.54) is 18.2 Å². The van der Waals surface area contributed by atoms with Gasteiger partial charge in [0.2, 0.25) is 0 Å². The number of aryl methyl sites for hydroxylation is 1.